The Kier molecular flexibility index (Phi) is 7.87. The maximum absolute atomic E-state index is 12.1. The van der Waals surface area contributed by atoms with Crippen molar-refractivity contribution in [3.8, 4) is 0 Å². The van der Waals surface area contributed by atoms with Crippen LogP contribution in [-0.4, -0.2) is 59.5 Å². The molecule has 1 aliphatic heterocycles. The molecule has 1 fully saturated rings. The number of hydrogen-bond donors (Lipinski definition) is 2. The van der Waals surface area contributed by atoms with Crippen LogP contribution in [-0.2, 0) is 16.1 Å². The molecule has 0 unspecified atom stereocenters. The van der Waals surface area contributed by atoms with Gasteiger partial charge in [0.15, 0.2) is 5.96 Å². The number of ether oxygens (including phenoxy) is 1. The molecule has 2 rings (SSSR count). The third-order valence-electron chi connectivity index (χ3n) is 4.37. The molecular formula is C21H33N5O3. The fourth-order valence-corrected chi connectivity index (χ4v) is 2.91. The standard InChI is InChI=1S/C21H33N5O3/c1-5-7-18(27)24-17-9-6-8-16(14-17)15-23-19(22)25-10-12-26(13-11-25)20(28)29-21(2,3)4/h6,8-9,14H,5,7,10-13,15H2,1-4H3,(H2,22,23)(H,24,27). The van der Waals surface area contributed by atoms with Gasteiger partial charge in [-0.3, -0.25) is 4.79 Å². The summed E-state index contributed by atoms with van der Waals surface area (Å²) in [5.74, 6) is 0.463. The van der Waals surface area contributed by atoms with E-state index >= 15 is 0 Å². The Bertz CT molecular complexity index is 734. The average Bonchev–Trinajstić information content (AvgIpc) is 2.65. The Hall–Kier alpha value is -2.77. The maximum atomic E-state index is 12.1. The maximum Gasteiger partial charge on any atom is 0.410 e. The van der Waals surface area contributed by atoms with Crippen LogP contribution in [0.15, 0.2) is 29.3 Å². The zero-order valence-electron chi connectivity index (χ0n) is 17.9. The van der Waals surface area contributed by atoms with Gasteiger partial charge in [-0.25, -0.2) is 9.79 Å². The summed E-state index contributed by atoms with van der Waals surface area (Å²) < 4.78 is 5.41. The van der Waals surface area contributed by atoms with E-state index in [2.05, 4.69) is 10.3 Å². The minimum Gasteiger partial charge on any atom is -0.444 e. The van der Waals surface area contributed by atoms with Gasteiger partial charge < -0.3 is 25.6 Å². The second-order valence-corrected chi connectivity index (χ2v) is 8.13. The van der Waals surface area contributed by atoms with Crippen LogP contribution in [0.2, 0.25) is 0 Å². The van der Waals surface area contributed by atoms with E-state index in [-0.39, 0.29) is 12.0 Å². The largest absolute Gasteiger partial charge is 0.444 e. The zero-order chi connectivity index (χ0) is 21.4. The van der Waals surface area contributed by atoms with Gasteiger partial charge in [-0.05, 0) is 44.9 Å². The van der Waals surface area contributed by atoms with Gasteiger partial charge in [0, 0.05) is 38.3 Å². The number of benzene rings is 1. The van der Waals surface area contributed by atoms with Crippen LogP contribution in [0, 0.1) is 0 Å². The molecule has 0 spiro atoms. The highest BCUT2D eigenvalue weighted by Crippen LogP contribution is 2.14. The van der Waals surface area contributed by atoms with Gasteiger partial charge in [-0.1, -0.05) is 19.1 Å². The lowest BCUT2D eigenvalue weighted by Crippen LogP contribution is -2.53. The second kappa shape index (κ2) is 10.1. The van der Waals surface area contributed by atoms with E-state index < -0.39 is 5.60 Å². The smallest absolute Gasteiger partial charge is 0.410 e. The van der Waals surface area contributed by atoms with Crippen LogP contribution in [0.5, 0.6) is 0 Å². The number of nitrogens with two attached hydrogens (primary N) is 1. The van der Waals surface area contributed by atoms with E-state index in [4.69, 9.17) is 10.5 Å². The number of aliphatic imine (C=N–C) groups is 1. The van der Waals surface area contributed by atoms with Gasteiger partial charge in [-0.15, -0.1) is 0 Å². The molecule has 8 nitrogen and oxygen atoms in total. The highest BCUT2D eigenvalue weighted by molar-refractivity contribution is 5.90. The van der Waals surface area contributed by atoms with Crippen molar-refractivity contribution in [2.24, 2.45) is 10.7 Å². The highest BCUT2D eigenvalue weighted by atomic mass is 16.6. The number of rotatable bonds is 5. The zero-order valence-corrected chi connectivity index (χ0v) is 17.9. The Morgan fingerprint density at radius 2 is 1.83 bits per heavy atom. The predicted molar refractivity (Wildman–Crippen MR) is 115 cm³/mol. The molecule has 1 saturated heterocycles. The van der Waals surface area contributed by atoms with E-state index in [1.54, 1.807) is 4.90 Å². The van der Waals surface area contributed by atoms with Crippen molar-refractivity contribution in [1.82, 2.24) is 9.80 Å². The minimum atomic E-state index is -0.501. The summed E-state index contributed by atoms with van der Waals surface area (Å²) in [6.45, 7) is 10.3. The number of piperazine rings is 1. The number of amides is 2. The molecule has 3 N–H and O–H groups in total. The Balaban J connectivity index is 1.86. The summed E-state index contributed by atoms with van der Waals surface area (Å²) >= 11 is 0. The molecule has 8 heteroatoms. The Morgan fingerprint density at radius 3 is 2.45 bits per heavy atom. The lowest BCUT2D eigenvalue weighted by atomic mass is 10.2. The molecule has 1 aliphatic rings. The lowest BCUT2D eigenvalue weighted by Gasteiger charge is -2.36. The van der Waals surface area contributed by atoms with E-state index in [1.807, 2.05) is 56.9 Å². The highest BCUT2D eigenvalue weighted by Gasteiger charge is 2.26. The van der Waals surface area contributed by atoms with Crippen molar-refractivity contribution in [2.75, 3.05) is 31.5 Å². The normalized spacial score (nSPS) is 15.2. The topological polar surface area (TPSA) is 100 Å². The van der Waals surface area contributed by atoms with Crippen molar-refractivity contribution < 1.29 is 14.3 Å². The molecule has 0 saturated carbocycles. The monoisotopic (exact) mass is 403 g/mol. The minimum absolute atomic E-state index is 0.00974. The number of carbonyl (C=O) groups excluding carboxylic acids is 2. The fraction of sp³-hybridized carbons (Fsp3) is 0.571. The summed E-state index contributed by atoms with van der Waals surface area (Å²) in [7, 11) is 0. The number of anilines is 1. The van der Waals surface area contributed by atoms with E-state index in [1.165, 1.54) is 0 Å². The molecule has 1 aromatic rings. The number of nitrogens with one attached hydrogen (secondary N) is 1. The molecule has 1 aromatic carbocycles. The molecule has 160 valence electrons. The van der Waals surface area contributed by atoms with E-state index in [9.17, 15) is 9.59 Å². The van der Waals surface area contributed by atoms with Gasteiger partial charge in [0.25, 0.3) is 0 Å². The van der Waals surface area contributed by atoms with Crippen molar-refractivity contribution in [1.29, 1.82) is 0 Å². The molecule has 29 heavy (non-hydrogen) atoms. The molecule has 0 aromatic heterocycles. The number of guanidine groups is 1. The molecule has 0 radical (unpaired) electrons. The van der Waals surface area contributed by atoms with Crippen LogP contribution < -0.4 is 11.1 Å². The van der Waals surface area contributed by atoms with Gasteiger partial charge in [0.1, 0.15) is 5.60 Å². The van der Waals surface area contributed by atoms with Crippen LogP contribution in [0.4, 0.5) is 10.5 Å². The van der Waals surface area contributed by atoms with Crippen LogP contribution in [0.25, 0.3) is 0 Å². The molecule has 2 amide bonds. The average molecular weight is 404 g/mol. The van der Waals surface area contributed by atoms with Crippen molar-refractivity contribution in [2.45, 2.75) is 52.7 Å². The first-order valence-corrected chi connectivity index (χ1v) is 10.1. The van der Waals surface area contributed by atoms with Crippen LogP contribution in [0.3, 0.4) is 0 Å². The SMILES string of the molecule is CCCC(=O)Nc1cccc(CN=C(N)N2CCN(C(=O)OC(C)(C)C)CC2)c1. The first-order chi connectivity index (χ1) is 13.7. The van der Waals surface area contributed by atoms with Crippen molar-refractivity contribution in [3.05, 3.63) is 29.8 Å². The number of nitrogens with zero attached hydrogens (tertiary/aromatic N) is 3. The third-order valence-corrected chi connectivity index (χ3v) is 4.37. The van der Waals surface area contributed by atoms with Gasteiger partial charge in [0.2, 0.25) is 5.91 Å². The molecule has 0 bridgehead atoms. The fourth-order valence-electron chi connectivity index (χ4n) is 2.91. The van der Waals surface area contributed by atoms with Crippen LogP contribution >= 0.6 is 0 Å². The van der Waals surface area contributed by atoms with Crippen LogP contribution in [0.1, 0.15) is 46.1 Å². The van der Waals surface area contributed by atoms with Gasteiger partial charge in [0.05, 0.1) is 6.54 Å². The first-order valence-electron chi connectivity index (χ1n) is 10.1. The van der Waals surface area contributed by atoms with E-state index in [0.717, 1.165) is 17.7 Å². The first kappa shape index (κ1) is 22.5. The molecule has 0 atom stereocenters. The summed E-state index contributed by atoms with van der Waals surface area (Å²) in [4.78, 5) is 32.0. The van der Waals surface area contributed by atoms with E-state index in [0.29, 0.717) is 45.1 Å². The summed E-state index contributed by atoms with van der Waals surface area (Å²) in [5, 5.41) is 2.89. The summed E-state index contributed by atoms with van der Waals surface area (Å²) in [5.41, 5.74) is 7.38. The van der Waals surface area contributed by atoms with Gasteiger partial charge in [-0.2, -0.15) is 0 Å². The Morgan fingerprint density at radius 1 is 1.17 bits per heavy atom. The van der Waals surface area contributed by atoms with Crippen molar-refractivity contribution in [3.63, 3.8) is 0 Å². The number of hydrogen-bond acceptors (Lipinski definition) is 4. The summed E-state index contributed by atoms with van der Waals surface area (Å²) in [6.07, 6.45) is 1.02. The van der Waals surface area contributed by atoms with Crippen molar-refractivity contribution >= 4 is 23.6 Å². The Labute approximate surface area is 173 Å². The quantitative estimate of drug-likeness (QED) is 0.582. The molecule has 1 heterocycles. The van der Waals surface area contributed by atoms with Gasteiger partial charge >= 0.3 is 6.09 Å². The third kappa shape index (κ3) is 7.63. The molecular weight excluding hydrogens is 370 g/mol. The number of carbonyl (C=O) groups is 2. The lowest BCUT2D eigenvalue weighted by molar-refractivity contribution is -0.116. The molecule has 0 aliphatic carbocycles. The predicted octanol–water partition coefficient (Wildman–Crippen LogP) is 2.79. The second-order valence-electron chi connectivity index (χ2n) is 8.13. The summed E-state index contributed by atoms with van der Waals surface area (Å²) in [6, 6.07) is 7.61.